The number of hydrogen-bond donors (Lipinski definition) is 2. The molecule has 1 saturated heterocycles. The van der Waals surface area contributed by atoms with Crippen LogP contribution in [0, 0.1) is 19.8 Å². The number of hydrogen-bond acceptors (Lipinski definition) is 4. The van der Waals surface area contributed by atoms with E-state index < -0.39 is 0 Å². The maximum absolute atomic E-state index is 12.7. The average molecular weight is 458 g/mol. The van der Waals surface area contributed by atoms with Gasteiger partial charge < -0.3 is 15.4 Å². The second-order valence-electron chi connectivity index (χ2n) is 8.90. The van der Waals surface area contributed by atoms with E-state index in [4.69, 9.17) is 4.74 Å². The molecule has 0 spiro atoms. The maximum Gasteiger partial charge on any atom is 0.238 e. The zero-order valence-corrected chi connectivity index (χ0v) is 19.7. The fraction of sp³-hybridized carbons (Fsp3) is 0.286. The van der Waals surface area contributed by atoms with Crippen LogP contribution in [0.5, 0.6) is 11.5 Å². The highest BCUT2D eigenvalue weighted by Gasteiger charge is 2.26. The number of carbonyl (C=O) groups excluding carboxylic acids is 2. The fourth-order valence-electron chi connectivity index (χ4n) is 4.28. The van der Waals surface area contributed by atoms with Gasteiger partial charge in [0.2, 0.25) is 11.8 Å². The first-order valence-corrected chi connectivity index (χ1v) is 11.7. The van der Waals surface area contributed by atoms with Gasteiger partial charge in [-0.2, -0.15) is 0 Å². The van der Waals surface area contributed by atoms with Crippen molar-refractivity contribution in [3.8, 4) is 11.5 Å². The van der Waals surface area contributed by atoms with Gasteiger partial charge >= 0.3 is 0 Å². The van der Waals surface area contributed by atoms with Crippen molar-refractivity contribution in [2.24, 2.45) is 5.92 Å². The number of amides is 2. The number of benzene rings is 3. The monoisotopic (exact) mass is 457 g/mol. The number of aryl methyl sites for hydroxylation is 2. The van der Waals surface area contributed by atoms with Crippen LogP contribution in [0.4, 0.5) is 11.4 Å². The van der Waals surface area contributed by atoms with Crippen molar-refractivity contribution in [2.75, 3.05) is 30.3 Å². The highest BCUT2D eigenvalue weighted by Crippen LogP contribution is 2.24. The predicted molar refractivity (Wildman–Crippen MR) is 135 cm³/mol. The van der Waals surface area contributed by atoms with Crippen LogP contribution < -0.4 is 15.4 Å². The van der Waals surface area contributed by atoms with Crippen molar-refractivity contribution in [1.82, 2.24) is 4.90 Å². The molecule has 0 atom stereocenters. The number of ether oxygens (including phenoxy) is 1. The van der Waals surface area contributed by atoms with Gasteiger partial charge in [0.25, 0.3) is 0 Å². The molecule has 2 amide bonds. The van der Waals surface area contributed by atoms with E-state index in [-0.39, 0.29) is 17.7 Å². The van der Waals surface area contributed by atoms with Gasteiger partial charge in [-0.1, -0.05) is 24.3 Å². The number of likely N-dealkylation sites (tertiary alicyclic amines) is 1. The van der Waals surface area contributed by atoms with E-state index in [0.717, 1.165) is 59.9 Å². The van der Waals surface area contributed by atoms with Gasteiger partial charge in [-0.25, -0.2) is 0 Å². The van der Waals surface area contributed by atoms with E-state index in [1.165, 1.54) is 0 Å². The molecular weight excluding hydrogens is 426 g/mol. The number of para-hydroxylation sites is 1. The van der Waals surface area contributed by atoms with E-state index in [1.807, 2.05) is 80.6 Å². The first-order chi connectivity index (χ1) is 16.4. The van der Waals surface area contributed by atoms with Gasteiger partial charge in [-0.05, 0) is 99.4 Å². The van der Waals surface area contributed by atoms with Crippen LogP contribution in [0.2, 0.25) is 0 Å². The summed E-state index contributed by atoms with van der Waals surface area (Å²) in [4.78, 5) is 27.3. The average Bonchev–Trinajstić information content (AvgIpc) is 2.81. The van der Waals surface area contributed by atoms with Gasteiger partial charge in [0.1, 0.15) is 11.5 Å². The molecule has 1 aliphatic heterocycles. The topological polar surface area (TPSA) is 70.7 Å². The summed E-state index contributed by atoms with van der Waals surface area (Å²) in [5, 5.41) is 6.00. The molecule has 1 heterocycles. The molecule has 0 bridgehead atoms. The Bertz CT molecular complexity index is 1100. The van der Waals surface area contributed by atoms with Crippen LogP contribution in [-0.4, -0.2) is 36.3 Å². The third kappa shape index (κ3) is 6.68. The van der Waals surface area contributed by atoms with Crippen molar-refractivity contribution in [3.05, 3.63) is 83.9 Å². The summed E-state index contributed by atoms with van der Waals surface area (Å²) >= 11 is 0. The number of piperidine rings is 1. The van der Waals surface area contributed by atoms with E-state index in [0.29, 0.717) is 6.54 Å². The Morgan fingerprint density at radius 2 is 1.44 bits per heavy atom. The maximum atomic E-state index is 12.7. The molecule has 0 aromatic heterocycles. The minimum atomic E-state index is -0.0565. The second-order valence-corrected chi connectivity index (χ2v) is 8.90. The quantitative estimate of drug-likeness (QED) is 0.499. The van der Waals surface area contributed by atoms with E-state index in [9.17, 15) is 9.59 Å². The summed E-state index contributed by atoms with van der Waals surface area (Å²) in [6.07, 6.45) is 1.47. The van der Waals surface area contributed by atoms with Crippen molar-refractivity contribution in [1.29, 1.82) is 0 Å². The fourth-order valence-corrected chi connectivity index (χ4v) is 4.28. The lowest BCUT2D eigenvalue weighted by molar-refractivity contribution is -0.121. The summed E-state index contributed by atoms with van der Waals surface area (Å²) in [6.45, 7) is 5.82. The molecule has 176 valence electrons. The predicted octanol–water partition coefficient (Wildman–Crippen LogP) is 5.38. The number of nitrogens with one attached hydrogen (secondary N) is 2. The molecular formula is C28H31N3O3. The molecule has 0 saturated carbocycles. The molecule has 1 fully saturated rings. The molecule has 4 rings (SSSR count). The molecule has 0 unspecified atom stereocenters. The van der Waals surface area contributed by atoms with Crippen LogP contribution in [0.3, 0.4) is 0 Å². The normalized spacial score (nSPS) is 14.4. The zero-order valence-electron chi connectivity index (χ0n) is 19.7. The van der Waals surface area contributed by atoms with E-state index in [1.54, 1.807) is 0 Å². The minimum Gasteiger partial charge on any atom is -0.457 e. The Hall–Kier alpha value is -3.64. The smallest absolute Gasteiger partial charge is 0.238 e. The highest BCUT2D eigenvalue weighted by atomic mass is 16.5. The third-order valence-corrected chi connectivity index (χ3v) is 5.93. The van der Waals surface area contributed by atoms with Gasteiger partial charge in [0.15, 0.2) is 0 Å². The third-order valence-electron chi connectivity index (χ3n) is 5.93. The standard InChI is InChI=1S/C28H31N3O3/c1-20-16-21(2)18-24(17-20)29-27(32)19-31-14-12-22(13-15-31)28(33)30-23-8-10-26(11-9-23)34-25-6-4-3-5-7-25/h3-11,16-18,22H,12-15,19H2,1-2H3,(H,29,32)(H,30,33). The lowest BCUT2D eigenvalue weighted by atomic mass is 9.96. The summed E-state index contributed by atoms with van der Waals surface area (Å²) < 4.78 is 5.80. The van der Waals surface area contributed by atoms with Crippen LogP contribution in [-0.2, 0) is 9.59 Å². The Labute approximate surface area is 200 Å². The van der Waals surface area contributed by atoms with Crippen LogP contribution >= 0.6 is 0 Å². The second kappa shape index (κ2) is 11.0. The zero-order chi connectivity index (χ0) is 23.9. The molecule has 3 aromatic carbocycles. The summed E-state index contributed by atoms with van der Waals surface area (Å²) in [6, 6.07) is 23.0. The number of nitrogens with zero attached hydrogens (tertiary/aromatic N) is 1. The van der Waals surface area contributed by atoms with Crippen molar-refractivity contribution in [2.45, 2.75) is 26.7 Å². The number of carbonyl (C=O) groups is 2. The lowest BCUT2D eigenvalue weighted by Crippen LogP contribution is -2.41. The Kier molecular flexibility index (Phi) is 7.60. The molecule has 0 aliphatic carbocycles. The lowest BCUT2D eigenvalue weighted by Gasteiger charge is -2.30. The van der Waals surface area contributed by atoms with Crippen molar-refractivity contribution >= 4 is 23.2 Å². The van der Waals surface area contributed by atoms with E-state index in [2.05, 4.69) is 21.6 Å². The largest absolute Gasteiger partial charge is 0.457 e. The number of anilines is 2. The summed E-state index contributed by atoms with van der Waals surface area (Å²) in [7, 11) is 0. The van der Waals surface area contributed by atoms with Crippen LogP contribution in [0.15, 0.2) is 72.8 Å². The molecule has 6 heteroatoms. The molecule has 3 aromatic rings. The van der Waals surface area contributed by atoms with Crippen molar-refractivity contribution in [3.63, 3.8) is 0 Å². The Morgan fingerprint density at radius 3 is 2.09 bits per heavy atom. The van der Waals surface area contributed by atoms with Gasteiger partial charge in [0.05, 0.1) is 6.54 Å². The molecule has 6 nitrogen and oxygen atoms in total. The Balaban J connectivity index is 1.21. The first kappa shape index (κ1) is 23.5. The van der Waals surface area contributed by atoms with E-state index >= 15 is 0 Å². The highest BCUT2D eigenvalue weighted by molar-refractivity contribution is 5.93. The molecule has 34 heavy (non-hydrogen) atoms. The first-order valence-electron chi connectivity index (χ1n) is 11.7. The van der Waals surface area contributed by atoms with Crippen LogP contribution in [0.1, 0.15) is 24.0 Å². The molecule has 0 radical (unpaired) electrons. The molecule has 2 N–H and O–H groups in total. The minimum absolute atomic E-state index is 0.0225. The Morgan fingerprint density at radius 1 is 0.824 bits per heavy atom. The summed E-state index contributed by atoms with van der Waals surface area (Å²) in [5.74, 6) is 1.44. The van der Waals surface area contributed by atoms with Gasteiger partial charge in [0, 0.05) is 17.3 Å². The van der Waals surface area contributed by atoms with Crippen LogP contribution in [0.25, 0.3) is 0 Å². The SMILES string of the molecule is Cc1cc(C)cc(NC(=O)CN2CCC(C(=O)Nc3ccc(Oc4ccccc4)cc3)CC2)c1. The molecule has 1 aliphatic rings. The summed E-state index contributed by atoms with van der Waals surface area (Å²) in [5.41, 5.74) is 3.83. The van der Waals surface area contributed by atoms with Crippen molar-refractivity contribution < 1.29 is 14.3 Å². The van der Waals surface area contributed by atoms with Gasteiger partial charge in [-0.15, -0.1) is 0 Å². The number of rotatable bonds is 7. The van der Waals surface area contributed by atoms with Gasteiger partial charge in [-0.3, -0.25) is 14.5 Å².